The molecule has 128 valence electrons. The second kappa shape index (κ2) is 6.51. The van der Waals surface area contributed by atoms with Gasteiger partial charge in [-0.2, -0.15) is 0 Å². The largest absolute Gasteiger partial charge is 0.356 e. The van der Waals surface area contributed by atoms with Crippen LogP contribution >= 0.6 is 0 Å². The van der Waals surface area contributed by atoms with Crippen LogP contribution in [0.5, 0.6) is 0 Å². The molecule has 1 N–H and O–H groups in total. The molecule has 1 fully saturated rings. The Bertz CT molecular complexity index is 883. The van der Waals surface area contributed by atoms with Crippen LogP contribution in [0.4, 0.5) is 5.82 Å². The number of carbonyl (C=O) groups is 1. The molecule has 0 aliphatic carbocycles. The van der Waals surface area contributed by atoms with E-state index >= 15 is 0 Å². The lowest BCUT2D eigenvalue weighted by atomic mass is 10.0. The molecular weight excluding hydrogens is 316 g/mol. The molecule has 0 saturated carbocycles. The van der Waals surface area contributed by atoms with Gasteiger partial charge < -0.3 is 14.8 Å². The van der Waals surface area contributed by atoms with Gasteiger partial charge in [-0.25, -0.2) is 9.97 Å². The van der Waals surface area contributed by atoms with Gasteiger partial charge in [-0.15, -0.1) is 0 Å². The average Bonchev–Trinajstić information content (AvgIpc) is 3.04. The van der Waals surface area contributed by atoms with Gasteiger partial charge in [0.05, 0.1) is 5.39 Å². The number of aromatic nitrogens is 4. The summed E-state index contributed by atoms with van der Waals surface area (Å²) in [4.78, 5) is 27.3. The maximum absolute atomic E-state index is 12.3. The van der Waals surface area contributed by atoms with Crippen molar-refractivity contribution >= 4 is 22.8 Å². The number of rotatable bonds is 3. The van der Waals surface area contributed by atoms with Gasteiger partial charge in [-0.1, -0.05) is 0 Å². The Morgan fingerprint density at radius 1 is 1.16 bits per heavy atom. The minimum atomic E-state index is -0.0339. The van der Waals surface area contributed by atoms with E-state index in [0.717, 1.165) is 42.8 Å². The highest BCUT2D eigenvalue weighted by Crippen LogP contribution is 2.26. The van der Waals surface area contributed by atoms with Crippen LogP contribution in [0.1, 0.15) is 23.2 Å². The van der Waals surface area contributed by atoms with Gasteiger partial charge in [0, 0.05) is 50.3 Å². The van der Waals surface area contributed by atoms with Crippen molar-refractivity contribution in [3.05, 3.63) is 48.7 Å². The monoisotopic (exact) mass is 336 g/mol. The van der Waals surface area contributed by atoms with E-state index in [1.807, 2.05) is 17.8 Å². The number of aryl methyl sites for hydroxylation is 1. The van der Waals surface area contributed by atoms with Crippen molar-refractivity contribution in [3.8, 4) is 0 Å². The van der Waals surface area contributed by atoms with E-state index in [4.69, 9.17) is 0 Å². The van der Waals surface area contributed by atoms with Crippen molar-refractivity contribution in [2.45, 2.75) is 18.9 Å². The number of nitrogens with one attached hydrogen (secondary N) is 1. The van der Waals surface area contributed by atoms with Gasteiger partial charge in [0.15, 0.2) is 0 Å². The Morgan fingerprint density at radius 2 is 1.92 bits per heavy atom. The number of carbonyl (C=O) groups excluding carboxylic acids is 1. The summed E-state index contributed by atoms with van der Waals surface area (Å²) in [5.41, 5.74) is 1.59. The normalized spacial score (nSPS) is 15.5. The molecule has 0 aromatic carbocycles. The van der Waals surface area contributed by atoms with Crippen LogP contribution in [0.25, 0.3) is 11.0 Å². The molecule has 0 radical (unpaired) electrons. The molecule has 1 aliphatic rings. The molecule has 25 heavy (non-hydrogen) atoms. The number of pyridine rings is 1. The molecule has 4 rings (SSSR count). The number of hydrogen-bond acceptors (Lipinski definition) is 5. The number of nitrogens with zero attached hydrogens (tertiary/aromatic N) is 5. The topological polar surface area (TPSA) is 75.9 Å². The second-order valence-electron chi connectivity index (χ2n) is 6.33. The molecule has 7 heteroatoms. The zero-order valence-electron chi connectivity index (χ0n) is 14.1. The molecule has 7 nitrogen and oxygen atoms in total. The third-order valence-corrected chi connectivity index (χ3v) is 4.71. The van der Waals surface area contributed by atoms with E-state index in [1.54, 1.807) is 30.9 Å². The van der Waals surface area contributed by atoms with Crippen molar-refractivity contribution in [2.75, 3.05) is 18.0 Å². The van der Waals surface area contributed by atoms with E-state index in [0.29, 0.717) is 5.56 Å². The van der Waals surface area contributed by atoms with Gasteiger partial charge in [-0.05, 0) is 31.0 Å². The average molecular weight is 336 g/mol. The van der Waals surface area contributed by atoms with E-state index in [2.05, 4.69) is 31.2 Å². The first kappa shape index (κ1) is 15.6. The first-order chi connectivity index (χ1) is 12.2. The lowest BCUT2D eigenvalue weighted by Gasteiger charge is -2.33. The minimum Gasteiger partial charge on any atom is -0.356 e. The summed E-state index contributed by atoms with van der Waals surface area (Å²) in [7, 11) is 1.99. The van der Waals surface area contributed by atoms with Crippen molar-refractivity contribution in [1.29, 1.82) is 0 Å². The summed E-state index contributed by atoms with van der Waals surface area (Å²) in [5.74, 6) is 0.942. The SMILES string of the molecule is Cn1ccc2c(N3CCC(NC(=O)c4ccncc4)CC3)ncnc21. The Balaban J connectivity index is 1.42. The molecule has 1 aliphatic heterocycles. The molecule has 0 atom stereocenters. The summed E-state index contributed by atoms with van der Waals surface area (Å²) < 4.78 is 2.00. The summed E-state index contributed by atoms with van der Waals surface area (Å²) in [6, 6.07) is 5.71. The Kier molecular flexibility index (Phi) is 4.05. The third-order valence-electron chi connectivity index (χ3n) is 4.71. The molecule has 0 bridgehead atoms. The molecule has 0 spiro atoms. The van der Waals surface area contributed by atoms with Gasteiger partial charge >= 0.3 is 0 Å². The van der Waals surface area contributed by atoms with E-state index in [-0.39, 0.29) is 11.9 Å². The smallest absolute Gasteiger partial charge is 0.251 e. The Hall–Kier alpha value is -2.96. The highest BCUT2D eigenvalue weighted by atomic mass is 16.1. The fraction of sp³-hybridized carbons (Fsp3) is 0.333. The highest BCUT2D eigenvalue weighted by Gasteiger charge is 2.23. The minimum absolute atomic E-state index is 0.0339. The number of anilines is 1. The van der Waals surface area contributed by atoms with Crippen LogP contribution in [-0.4, -0.2) is 44.6 Å². The van der Waals surface area contributed by atoms with Crippen LogP contribution < -0.4 is 10.2 Å². The molecule has 1 saturated heterocycles. The molecule has 4 heterocycles. The predicted octanol–water partition coefficient (Wildman–Crippen LogP) is 1.76. The Labute approximate surface area is 145 Å². The Morgan fingerprint density at radius 3 is 2.68 bits per heavy atom. The first-order valence-electron chi connectivity index (χ1n) is 8.44. The van der Waals surface area contributed by atoms with Crippen LogP contribution in [0, 0.1) is 0 Å². The maximum Gasteiger partial charge on any atom is 0.251 e. The summed E-state index contributed by atoms with van der Waals surface area (Å²) >= 11 is 0. The number of hydrogen-bond donors (Lipinski definition) is 1. The lowest BCUT2D eigenvalue weighted by Crippen LogP contribution is -2.45. The lowest BCUT2D eigenvalue weighted by molar-refractivity contribution is 0.0931. The van der Waals surface area contributed by atoms with E-state index in [9.17, 15) is 4.79 Å². The first-order valence-corrected chi connectivity index (χ1v) is 8.44. The van der Waals surface area contributed by atoms with Crippen LogP contribution in [-0.2, 0) is 7.05 Å². The standard InChI is InChI=1S/C18H20N6O/c1-23-9-6-15-16(23)20-12-21-17(15)24-10-4-14(5-11-24)22-18(25)13-2-7-19-8-3-13/h2-3,6-9,12,14H,4-5,10-11H2,1H3,(H,22,25). The number of amides is 1. The predicted molar refractivity (Wildman–Crippen MR) is 95.4 cm³/mol. The van der Waals surface area contributed by atoms with Gasteiger partial charge in [-0.3, -0.25) is 9.78 Å². The van der Waals surface area contributed by atoms with Crippen molar-refractivity contribution in [3.63, 3.8) is 0 Å². The highest BCUT2D eigenvalue weighted by molar-refractivity contribution is 5.94. The fourth-order valence-corrected chi connectivity index (χ4v) is 3.32. The fourth-order valence-electron chi connectivity index (χ4n) is 3.32. The molecule has 0 unspecified atom stereocenters. The van der Waals surface area contributed by atoms with Gasteiger partial charge in [0.1, 0.15) is 17.8 Å². The van der Waals surface area contributed by atoms with Crippen LogP contribution in [0.3, 0.4) is 0 Å². The molecular formula is C18H20N6O. The number of piperidine rings is 1. The zero-order valence-corrected chi connectivity index (χ0v) is 14.1. The maximum atomic E-state index is 12.3. The van der Waals surface area contributed by atoms with Crippen molar-refractivity contribution < 1.29 is 4.79 Å². The summed E-state index contributed by atoms with van der Waals surface area (Å²) in [5, 5.41) is 4.19. The van der Waals surface area contributed by atoms with E-state index in [1.165, 1.54) is 0 Å². The summed E-state index contributed by atoms with van der Waals surface area (Å²) in [6.45, 7) is 1.73. The van der Waals surface area contributed by atoms with Gasteiger partial charge in [0.2, 0.25) is 0 Å². The van der Waals surface area contributed by atoms with E-state index < -0.39 is 0 Å². The molecule has 3 aromatic rings. The second-order valence-corrected chi connectivity index (χ2v) is 6.33. The number of fused-ring (bicyclic) bond motifs is 1. The molecule has 3 aromatic heterocycles. The van der Waals surface area contributed by atoms with Gasteiger partial charge in [0.25, 0.3) is 5.91 Å². The van der Waals surface area contributed by atoms with Crippen LogP contribution in [0.15, 0.2) is 43.1 Å². The van der Waals surface area contributed by atoms with Crippen molar-refractivity contribution in [1.82, 2.24) is 24.8 Å². The van der Waals surface area contributed by atoms with Crippen molar-refractivity contribution in [2.24, 2.45) is 7.05 Å². The third kappa shape index (κ3) is 3.05. The zero-order chi connectivity index (χ0) is 17.2. The van der Waals surface area contributed by atoms with Crippen LogP contribution in [0.2, 0.25) is 0 Å². The molecule has 1 amide bonds. The quantitative estimate of drug-likeness (QED) is 0.789. The summed E-state index contributed by atoms with van der Waals surface area (Å²) in [6.07, 6.45) is 8.69.